The number of nitrogens with one attached hydrogen (secondary N) is 2. The van der Waals surface area contributed by atoms with Crippen LogP contribution in [0.3, 0.4) is 0 Å². The Balaban J connectivity index is 1.87. The highest BCUT2D eigenvalue weighted by atomic mass is 16.3. The maximum atomic E-state index is 5.00. The van der Waals surface area contributed by atoms with Crippen LogP contribution in [0, 0.1) is 0 Å². The van der Waals surface area contributed by atoms with Crippen LogP contribution in [0.2, 0.25) is 0 Å². The Kier molecular flexibility index (Phi) is 2.60. The Morgan fingerprint density at radius 3 is 3.21 bits per heavy atom. The van der Waals surface area contributed by atoms with Crippen LogP contribution < -0.4 is 5.32 Å². The quantitative estimate of drug-likeness (QED) is 0.765. The van der Waals surface area contributed by atoms with E-state index in [1.165, 1.54) is 6.33 Å². The largest absolute Gasteiger partial charge is 0.472 e. The lowest BCUT2D eigenvalue weighted by Crippen LogP contribution is -2.18. The van der Waals surface area contributed by atoms with Crippen molar-refractivity contribution in [3.8, 4) is 0 Å². The zero-order chi connectivity index (χ0) is 9.80. The van der Waals surface area contributed by atoms with Crippen LogP contribution in [0.15, 0.2) is 29.3 Å². The Hall–Kier alpha value is -1.62. The van der Waals surface area contributed by atoms with Crippen molar-refractivity contribution in [3.05, 3.63) is 36.3 Å². The van der Waals surface area contributed by atoms with Crippen LogP contribution in [0.25, 0.3) is 0 Å². The molecule has 74 valence electrons. The fraction of sp³-hybridized carbons (Fsp3) is 0.333. The van der Waals surface area contributed by atoms with Gasteiger partial charge in [0.15, 0.2) is 0 Å². The Morgan fingerprint density at radius 2 is 2.57 bits per heavy atom. The van der Waals surface area contributed by atoms with E-state index in [9.17, 15) is 0 Å². The topological polar surface area (TPSA) is 66.7 Å². The Bertz CT molecular complexity index is 354. The smallest absolute Gasteiger partial charge is 0.138 e. The van der Waals surface area contributed by atoms with Crippen LogP contribution in [0.1, 0.15) is 24.4 Å². The number of furan rings is 1. The summed E-state index contributed by atoms with van der Waals surface area (Å²) in [5.41, 5.74) is 1.13. The lowest BCUT2D eigenvalue weighted by molar-refractivity contribution is 0.532. The van der Waals surface area contributed by atoms with Gasteiger partial charge < -0.3 is 9.73 Å². The van der Waals surface area contributed by atoms with E-state index < -0.39 is 0 Å². The van der Waals surface area contributed by atoms with Crippen LogP contribution >= 0.6 is 0 Å². The molecule has 0 radical (unpaired) electrons. The van der Waals surface area contributed by atoms with Gasteiger partial charge in [0.05, 0.1) is 19.1 Å². The molecule has 5 heteroatoms. The van der Waals surface area contributed by atoms with Crippen molar-refractivity contribution in [2.75, 3.05) is 0 Å². The minimum Gasteiger partial charge on any atom is -0.472 e. The molecule has 0 aliphatic carbocycles. The molecule has 0 aliphatic heterocycles. The van der Waals surface area contributed by atoms with Gasteiger partial charge in [-0.05, 0) is 13.0 Å². The maximum absolute atomic E-state index is 5.00. The summed E-state index contributed by atoms with van der Waals surface area (Å²) in [6.07, 6.45) is 4.90. The number of hydrogen-bond donors (Lipinski definition) is 2. The van der Waals surface area contributed by atoms with E-state index in [0.29, 0.717) is 6.54 Å². The van der Waals surface area contributed by atoms with Crippen LogP contribution in [0.5, 0.6) is 0 Å². The van der Waals surface area contributed by atoms with E-state index in [1.807, 2.05) is 6.07 Å². The van der Waals surface area contributed by atoms with E-state index in [2.05, 4.69) is 27.4 Å². The SMILES string of the molecule is CC(NCc1ncn[nH]1)c1ccoc1. The number of rotatable bonds is 4. The van der Waals surface area contributed by atoms with Gasteiger partial charge in [-0.2, -0.15) is 5.10 Å². The second-order valence-corrected chi connectivity index (χ2v) is 3.09. The van der Waals surface area contributed by atoms with Gasteiger partial charge in [0.1, 0.15) is 12.2 Å². The molecular formula is C9H12N4O. The lowest BCUT2D eigenvalue weighted by atomic mass is 10.2. The molecule has 0 saturated carbocycles. The van der Waals surface area contributed by atoms with E-state index in [-0.39, 0.29) is 6.04 Å². The standard InChI is InChI=1S/C9H12N4O/c1-7(8-2-3-14-5-8)10-4-9-11-6-12-13-9/h2-3,5-7,10H,4H2,1H3,(H,11,12,13). The van der Waals surface area contributed by atoms with Crippen molar-refractivity contribution in [2.24, 2.45) is 0 Å². The summed E-state index contributed by atoms with van der Waals surface area (Å²) in [5.74, 6) is 0.834. The first-order valence-corrected chi connectivity index (χ1v) is 4.46. The highest BCUT2D eigenvalue weighted by Gasteiger charge is 2.06. The van der Waals surface area contributed by atoms with Gasteiger partial charge >= 0.3 is 0 Å². The van der Waals surface area contributed by atoms with Gasteiger partial charge in [0, 0.05) is 11.6 Å². The van der Waals surface area contributed by atoms with E-state index in [4.69, 9.17) is 4.42 Å². The molecule has 0 spiro atoms. The normalized spacial score (nSPS) is 12.9. The first kappa shape index (κ1) is 8.96. The average molecular weight is 192 g/mol. The molecule has 2 N–H and O–H groups in total. The molecular weight excluding hydrogens is 180 g/mol. The van der Waals surface area contributed by atoms with Crippen molar-refractivity contribution >= 4 is 0 Å². The highest BCUT2D eigenvalue weighted by molar-refractivity contribution is 5.10. The summed E-state index contributed by atoms with van der Waals surface area (Å²) in [5, 5.41) is 9.85. The van der Waals surface area contributed by atoms with Crippen LogP contribution in [-0.4, -0.2) is 15.2 Å². The molecule has 2 aromatic rings. The first-order chi connectivity index (χ1) is 6.86. The predicted octanol–water partition coefficient (Wildman–Crippen LogP) is 1.25. The molecule has 0 amide bonds. The molecule has 0 saturated heterocycles. The third kappa shape index (κ3) is 2.00. The monoisotopic (exact) mass is 192 g/mol. The van der Waals surface area contributed by atoms with Crippen molar-refractivity contribution in [1.29, 1.82) is 0 Å². The number of aromatic nitrogens is 3. The van der Waals surface area contributed by atoms with Gasteiger partial charge in [0.2, 0.25) is 0 Å². The van der Waals surface area contributed by atoms with Crippen molar-refractivity contribution in [2.45, 2.75) is 19.5 Å². The highest BCUT2D eigenvalue weighted by Crippen LogP contribution is 2.12. The minimum atomic E-state index is 0.249. The molecule has 1 unspecified atom stereocenters. The minimum absolute atomic E-state index is 0.249. The van der Waals surface area contributed by atoms with Gasteiger partial charge in [-0.1, -0.05) is 0 Å². The lowest BCUT2D eigenvalue weighted by Gasteiger charge is -2.09. The molecule has 2 heterocycles. The summed E-state index contributed by atoms with van der Waals surface area (Å²) < 4.78 is 5.00. The summed E-state index contributed by atoms with van der Waals surface area (Å²) in [6, 6.07) is 2.19. The third-order valence-corrected chi connectivity index (χ3v) is 2.08. The van der Waals surface area contributed by atoms with E-state index >= 15 is 0 Å². The number of hydrogen-bond acceptors (Lipinski definition) is 4. The first-order valence-electron chi connectivity index (χ1n) is 4.46. The number of aromatic amines is 1. The number of H-pyrrole nitrogens is 1. The molecule has 14 heavy (non-hydrogen) atoms. The van der Waals surface area contributed by atoms with Crippen molar-refractivity contribution in [1.82, 2.24) is 20.5 Å². The van der Waals surface area contributed by atoms with Gasteiger partial charge in [-0.15, -0.1) is 0 Å². The molecule has 1 atom stereocenters. The zero-order valence-electron chi connectivity index (χ0n) is 7.90. The molecule has 0 aliphatic rings. The zero-order valence-corrected chi connectivity index (χ0v) is 7.90. The second-order valence-electron chi connectivity index (χ2n) is 3.09. The van der Waals surface area contributed by atoms with Gasteiger partial charge in [-0.25, -0.2) is 4.98 Å². The Labute approximate surface area is 81.5 Å². The average Bonchev–Trinajstić information content (AvgIpc) is 2.87. The molecule has 5 nitrogen and oxygen atoms in total. The van der Waals surface area contributed by atoms with Crippen LogP contribution in [0.4, 0.5) is 0 Å². The second kappa shape index (κ2) is 4.06. The molecule has 0 aromatic carbocycles. The summed E-state index contributed by atoms with van der Waals surface area (Å²) >= 11 is 0. The number of nitrogens with zero attached hydrogens (tertiary/aromatic N) is 2. The summed E-state index contributed by atoms with van der Waals surface area (Å²) in [4.78, 5) is 4.02. The van der Waals surface area contributed by atoms with Gasteiger partial charge in [0.25, 0.3) is 0 Å². The van der Waals surface area contributed by atoms with Crippen molar-refractivity contribution in [3.63, 3.8) is 0 Å². The van der Waals surface area contributed by atoms with E-state index in [0.717, 1.165) is 11.4 Å². The fourth-order valence-electron chi connectivity index (χ4n) is 1.20. The van der Waals surface area contributed by atoms with E-state index in [1.54, 1.807) is 12.5 Å². The predicted molar refractivity (Wildman–Crippen MR) is 50.3 cm³/mol. The van der Waals surface area contributed by atoms with Gasteiger partial charge in [-0.3, -0.25) is 5.10 Å². The van der Waals surface area contributed by atoms with Crippen molar-refractivity contribution < 1.29 is 4.42 Å². The Morgan fingerprint density at radius 1 is 1.64 bits per heavy atom. The summed E-state index contributed by atoms with van der Waals surface area (Å²) in [6.45, 7) is 2.74. The third-order valence-electron chi connectivity index (χ3n) is 2.08. The van der Waals surface area contributed by atoms with Crippen LogP contribution in [-0.2, 0) is 6.54 Å². The maximum Gasteiger partial charge on any atom is 0.138 e. The fourth-order valence-corrected chi connectivity index (χ4v) is 1.20. The summed E-state index contributed by atoms with van der Waals surface area (Å²) in [7, 11) is 0. The molecule has 0 fully saturated rings. The molecule has 2 rings (SSSR count). The molecule has 0 bridgehead atoms. The molecule has 2 aromatic heterocycles.